The first-order chi connectivity index (χ1) is 7.77. The fourth-order valence-electron chi connectivity index (χ4n) is 2.67. The van der Waals surface area contributed by atoms with Crippen molar-refractivity contribution in [3.8, 4) is 11.5 Å². The van der Waals surface area contributed by atoms with Crippen molar-refractivity contribution >= 4 is 0 Å². The van der Waals surface area contributed by atoms with E-state index in [0.29, 0.717) is 12.7 Å². The standard InChI is InChI=1S/C13H17NO2/c1-8-9(2)13-12(15-7-16-13)5-11(8)10-3-4-14-6-10/h5,10,14H,3-4,6-7H2,1-2H3. The maximum Gasteiger partial charge on any atom is 0.231 e. The number of ether oxygens (including phenoxy) is 2. The fraction of sp³-hybridized carbons (Fsp3) is 0.538. The maximum atomic E-state index is 5.49. The SMILES string of the molecule is Cc1c(C2CCNC2)cc2c(c1C)OCO2. The minimum atomic E-state index is 0.363. The second-order valence-electron chi connectivity index (χ2n) is 4.64. The molecule has 3 nitrogen and oxygen atoms in total. The predicted octanol–water partition coefficient (Wildman–Crippen LogP) is 2.11. The monoisotopic (exact) mass is 219 g/mol. The quantitative estimate of drug-likeness (QED) is 0.784. The van der Waals surface area contributed by atoms with E-state index in [4.69, 9.17) is 9.47 Å². The lowest BCUT2D eigenvalue weighted by Crippen LogP contribution is -2.09. The van der Waals surface area contributed by atoms with Gasteiger partial charge < -0.3 is 14.8 Å². The van der Waals surface area contributed by atoms with Crippen molar-refractivity contribution in [3.63, 3.8) is 0 Å². The molecule has 1 aromatic carbocycles. The van der Waals surface area contributed by atoms with E-state index >= 15 is 0 Å². The first-order valence-corrected chi connectivity index (χ1v) is 5.88. The van der Waals surface area contributed by atoms with E-state index < -0.39 is 0 Å². The molecule has 0 aromatic heterocycles. The molecule has 1 unspecified atom stereocenters. The molecule has 2 aliphatic heterocycles. The number of hydrogen-bond donors (Lipinski definition) is 1. The van der Waals surface area contributed by atoms with Crippen molar-refractivity contribution in [1.82, 2.24) is 5.32 Å². The zero-order valence-corrected chi connectivity index (χ0v) is 9.80. The molecule has 2 heterocycles. The number of fused-ring (bicyclic) bond motifs is 1. The van der Waals surface area contributed by atoms with Crippen LogP contribution in [-0.4, -0.2) is 19.9 Å². The van der Waals surface area contributed by atoms with Crippen LogP contribution in [0.1, 0.15) is 29.0 Å². The van der Waals surface area contributed by atoms with Crippen molar-refractivity contribution in [2.45, 2.75) is 26.2 Å². The van der Waals surface area contributed by atoms with Crippen LogP contribution in [0.15, 0.2) is 6.07 Å². The summed E-state index contributed by atoms with van der Waals surface area (Å²) in [6.07, 6.45) is 1.22. The second-order valence-corrected chi connectivity index (χ2v) is 4.64. The third kappa shape index (κ3) is 1.39. The molecule has 1 saturated heterocycles. The predicted molar refractivity (Wildman–Crippen MR) is 62.3 cm³/mol. The fourth-order valence-corrected chi connectivity index (χ4v) is 2.67. The Bertz CT molecular complexity index is 422. The van der Waals surface area contributed by atoms with Crippen LogP contribution < -0.4 is 14.8 Å². The van der Waals surface area contributed by atoms with Crippen LogP contribution in [-0.2, 0) is 0 Å². The van der Waals surface area contributed by atoms with Crippen LogP contribution in [0.2, 0.25) is 0 Å². The summed E-state index contributed by atoms with van der Waals surface area (Å²) in [4.78, 5) is 0. The third-order valence-corrected chi connectivity index (χ3v) is 3.76. The lowest BCUT2D eigenvalue weighted by Gasteiger charge is -2.16. The summed E-state index contributed by atoms with van der Waals surface area (Å²) in [7, 11) is 0. The summed E-state index contributed by atoms with van der Waals surface area (Å²) in [5.74, 6) is 2.49. The Labute approximate surface area is 95.8 Å². The highest BCUT2D eigenvalue weighted by molar-refractivity contribution is 5.55. The van der Waals surface area contributed by atoms with Gasteiger partial charge in [0.05, 0.1) is 0 Å². The van der Waals surface area contributed by atoms with E-state index in [9.17, 15) is 0 Å². The second kappa shape index (κ2) is 3.67. The van der Waals surface area contributed by atoms with Crippen LogP contribution in [0.3, 0.4) is 0 Å². The summed E-state index contributed by atoms with van der Waals surface area (Å²) in [6.45, 7) is 6.87. The molecule has 1 atom stereocenters. The molecule has 0 spiro atoms. The van der Waals surface area contributed by atoms with Gasteiger partial charge in [-0.05, 0) is 55.5 Å². The number of nitrogens with one attached hydrogen (secondary N) is 1. The molecule has 0 saturated carbocycles. The topological polar surface area (TPSA) is 30.5 Å². The first kappa shape index (κ1) is 9.97. The van der Waals surface area contributed by atoms with Crippen LogP contribution in [0.4, 0.5) is 0 Å². The van der Waals surface area contributed by atoms with E-state index in [1.165, 1.54) is 23.1 Å². The molecule has 3 heteroatoms. The van der Waals surface area contributed by atoms with Crippen molar-refractivity contribution in [2.75, 3.05) is 19.9 Å². The third-order valence-electron chi connectivity index (χ3n) is 3.76. The van der Waals surface area contributed by atoms with Crippen molar-refractivity contribution < 1.29 is 9.47 Å². The molecule has 2 aliphatic rings. The highest BCUT2D eigenvalue weighted by Gasteiger charge is 2.25. The Hall–Kier alpha value is -1.22. The summed E-state index contributed by atoms with van der Waals surface area (Å²) in [5, 5.41) is 3.41. The molecule has 0 aliphatic carbocycles. The Kier molecular flexibility index (Phi) is 2.28. The molecular weight excluding hydrogens is 202 g/mol. The smallest absolute Gasteiger partial charge is 0.231 e. The molecule has 86 valence electrons. The molecular formula is C13H17NO2. The minimum absolute atomic E-state index is 0.363. The summed E-state index contributed by atoms with van der Waals surface area (Å²) in [5.41, 5.74) is 4.02. The molecule has 0 radical (unpaired) electrons. The largest absolute Gasteiger partial charge is 0.454 e. The van der Waals surface area contributed by atoms with Gasteiger partial charge in [0.25, 0.3) is 0 Å². The Morgan fingerprint density at radius 3 is 2.88 bits per heavy atom. The van der Waals surface area contributed by atoms with Gasteiger partial charge in [-0.2, -0.15) is 0 Å². The van der Waals surface area contributed by atoms with Gasteiger partial charge >= 0.3 is 0 Å². The van der Waals surface area contributed by atoms with Crippen molar-refractivity contribution in [3.05, 3.63) is 22.8 Å². The van der Waals surface area contributed by atoms with Gasteiger partial charge in [0, 0.05) is 6.54 Å². The summed E-state index contributed by atoms with van der Waals surface area (Å²) >= 11 is 0. The molecule has 16 heavy (non-hydrogen) atoms. The van der Waals surface area contributed by atoms with Gasteiger partial charge in [-0.1, -0.05) is 0 Å². The van der Waals surface area contributed by atoms with Crippen LogP contribution in [0.5, 0.6) is 11.5 Å². The summed E-state index contributed by atoms with van der Waals surface area (Å²) in [6, 6.07) is 2.17. The van der Waals surface area contributed by atoms with E-state index in [-0.39, 0.29) is 0 Å². The van der Waals surface area contributed by atoms with Crippen molar-refractivity contribution in [1.29, 1.82) is 0 Å². The first-order valence-electron chi connectivity index (χ1n) is 5.88. The Morgan fingerprint density at radius 1 is 1.25 bits per heavy atom. The minimum Gasteiger partial charge on any atom is -0.454 e. The lowest BCUT2D eigenvalue weighted by molar-refractivity contribution is 0.173. The maximum absolute atomic E-state index is 5.49. The van der Waals surface area contributed by atoms with Gasteiger partial charge in [-0.3, -0.25) is 0 Å². The van der Waals surface area contributed by atoms with Gasteiger partial charge in [0.2, 0.25) is 6.79 Å². The average Bonchev–Trinajstić information content (AvgIpc) is 2.92. The number of benzene rings is 1. The van der Waals surface area contributed by atoms with Gasteiger partial charge in [-0.15, -0.1) is 0 Å². The van der Waals surface area contributed by atoms with E-state index in [1.807, 2.05) is 0 Å². The molecule has 3 rings (SSSR count). The summed E-state index contributed by atoms with van der Waals surface area (Å²) < 4.78 is 11.0. The highest BCUT2D eigenvalue weighted by atomic mass is 16.7. The highest BCUT2D eigenvalue weighted by Crippen LogP contribution is 2.41. The molecule has 1 fully saturated rings. The molecule has 0 amide bonds. The number of hydrogen-bond acceptors (Lipinski definition) is 3. The van der Waals surface area contributed by atoms with E-state index in [2.05, 4.69) is 25.2 Å². The Balaban J connectivity index is 2.08. The van der Waals surface area contributed by atoms with Crippen LogP contribution >= 0.6 is 0 Å². The average molecular weight is 219 g/mol. The van der Waals surface area contributed by atoms with E-state index in [1.54, 1.807) is 0 Å². The van der Waals surface area contributed by atoms with Crippen LogP contribution in [0, 0.1) is 13.8 Å². The molecule has 0 bridgehead atoms. The zero-order chi connectivity index (χ0) is 11.1. The molecule has 1 N–H and O–H groups in total. The van der Waals surface area contributed by atoms with E-state index in [0.717, 1.165) is 24.6 Å². The zero-order valence-electron chi connectivity index (χ0n) is 9.80. The molecule has 1 aromatic rings. The van der Waals surface area contributed by atoms with Crippen LogP contribution in [0.25, 0.3) is 0 Å². The number of rotatable bonds is 1. The van der Waals surface area contributed by atoms with Crippen molar-refractivity contribution in [2.24, 2.45) is 0 Å². The lowest BCUT2D eigenvalue weighted by atomic mass is 9.91. The Morgan fingerprint density at radius 2 is 2.12 bits per heavy atom. The van der Waals surface area contributed by atoms with Gasteiger partial charge in [0.1, 0.15) is 0 Å². The van der Waals surface area contributed by atoms with Gasteiger partial charge in [0.15, 0.2) is 11.5 Å². The normalized spacial score (nSPS) is 22.8. The van der Waals surface area contributed by atoms with Gasteiger partial charge in [-0.25, -0.2) is 0 Å².